The molecule has 0 radical (unpaired) electrons. The number of hydrogen-bond donors (Lipinski definition) is 0. The maximum absolute atomic E-state index is 12.0. The Labute approximate surface area is 127 Å². The van der Waals surface area contributed by atoms with Gasteiger partial charge in [-0.2, -0.15) is 0 Å². The van der Waals surface area contributed by atoms with E-state index in [1.165, 1.54) is 20.5 Å². The van der Waals surface area contributed by atoms with E-state index in [0.717, 1.165) is 24.1 Å². The zero-order valence-corrected chi connectivity index (χ0v) is 13.3. The molecule has 0 fully saturated rings. The van der Waals surface area contributed by atoms with Gasteiger partial charge in [0.25, 0.3) is 0 Å². The fourth-order valence-electron chi connectivity index (χ4n) is 2.89. The minimum atomic E-state index is 0.298. The molecular weight excluding hydrogens is 349 g/mol. The van der Waals surface area contributed by atoms with Gasteiger partial charge in [0.1, 0.15) is 0 Å². The predicted octanol–water partition coefficient (Wildman–Crippen LogP) is 4.22. The number of carbonyl (C=O) groups is 1. The van der Waals surface area contributed by atoms with Crippen LogP contribution < -0.4 is 0 Å². The third-order valence-electron chi connectivity index (χ3n) is 3.82. The Balaban J connectivity index is 2.26. The summed E-state index contributed by atoms with van der Waals surface area (Å²) in [6.07, 6.45) is 2.67. The molecule has 0 N–H and O–H groups in total. The third kappa shape index (κ3) is 2.14. The van der Waals surface area contributed by atoms with Gasteiger partial charge in [0.2, 0.25) is 0 Å². The van der Waals surface area contributed by atoms with Crippen molar-refractivity contribution in [2.75, 3.05) is 0 Å². The molecule has 3 heteroatoms. The number of hydrogen-bond acceptors (Lipinski definition) is 1. The maximum atomic E-state index is 12.0. The standard InChI is InChI=1S/C16H16INO/c1-10-6-7-12(17)9-15(10)18-11(2)8-13-14(18)4-3-5-16(13)19/h6-9H,3-5H2,1-2H3. The van der Waals surface area contributed by atoms with Gasteiger partial charge in [-0.05, 0) is 73.0 Å². The number of carbonyl (C=O) groups excluding carboxylic acids is 1. The minimum absolute atomic E-state index is 0.298. The van der Waals surface area contributed by atoms with E-state index in [1.807, 2.05) is 0 Å². The van der Waals surface area contributed by atoms with Gasteiger partial charge in [-0.25, -0.2) is 0 Å². The number of Topliss-reactive ketones (excluding diaryl/α,β-unsaturated/α-hetero) is 1. The second-order valence-corrected chi connectivity index (χ2v) is 6.43. The van der Waals surface area contributed by atoms with Crippen LogP contribution in [0, 0.1) is 17.4 Å². The number of benzene rings is 1. The summed E-state index contributed by atoms with van der Waals surface area (Å²) in [5.41, 5.74) is 5.74. The van der Waals surface area contributed by atoms with Crippen molar-refractivity contribution in [2.24, 2.45) is 0 Å². The summed E-state index contributed by atoms with van der Waals surface area (Å²) >= 11 is 2.34. The largest absolute Gasteiger partial charge is 0.317 e. The minimum Gasteiger partial charge on any atom is -0.317 e. The molecule has 2 aromatic rings. The molecule has 0 spiro atoms. The fraction of sp³-hybridized carbons (Fsp3) is 0.312. The Morgan fingerprint density at radius 3 is 2.74 bits per heavy atom. The molecule has 1 aromatic carbocycles. The molecule has 0 aliphatic heterocycles. The number of fused-ring (bicyclic) bond motifs is 1. The van der Waals surface area contributed by atoms with Crippen LogP contribution in [0.25, 0.3) is 5.69 Å². The summed E-state index contributed by atoms with van der Waals surface area (Å²) in [5, 5.41) is 0. The molecule has 1 aliphatic carbocycles. The van der Waals surface area contributed by atoms with E-state index in [2.05, 4.69) is 65.3 Å². The van der Waals surface area contributed by atoms with Gasteiger partial charge in [-0.3, -0.25) is 4.79 Å². The molecule has 0 unspecified atom stereocenters. The van der Waals surface area contributed by atoms with Crippen LogP contribution in [-0.4, -0.2) is 10.4 Å². The van der Waals surface area contributed by atoms with Crippen LogP contribution in [0.1, 0.15) is 40.2 Å². The van der Waals surface area contributed by atoms with Gasteiger partial charge in [-0.1, -0.05) is 6.07 Å². The third-order valence-corrected chi connectivity index (χ3v) is 4.49. The number of aryl methyl sites for hydroxylation is 2. The zero-order chi connectivity index (χ0) is 13.6. The van der Waals surface area contributed by atoms with Crippen LogP contribution in [-0.2, 0) is 6.42 Å². The Kier molecular flexibility index (Phi) is 3.25. The number of nitrogens with zero attached hydrogens (tertiary/aromatic N) is 1. The number of ketones is 1. The summed E-state index contributed by atoms with van der Waals surface area (Å²) in [6, 6.07) is 8.52. The van der Waals surface area contributed by atoms with Crippen molar-refractivity contribution >= 4 is 28.4 Å². The van der Waals surface area contributed by atoms with E-state index in [1.54, 1.807) is 0 Å². The maximum Gasteiger partial charge on any atom is 0.164 e. The van der Waals surface area contributed by atoms with Gasteiger partial charge < -0.3 is 4.57 Å². The zero-order valence-electron chi connectivity index (χ0n) is 11.2. The van der Waals surface area contributed by atoms with Crippen LogP contribution >= 0.6 is 22.6 Å². The monoisotopic (exact) mass is 365 g/mol. The first-order valence-electron chi connectivity index (χ1n) is 6.59. The van der Waals surface area contributed by atoms with E-state index in [9.17, 15) is 4.79 Å². The van der Waals surface area contributed by atoms with Crippen molar-refractivity contribution in [3.8, 4) is 5.69 Å². The first-order chi connectivity index (χ1) is 9.08. The molecule has 0 saturated heterocycles. The molecule has 1 aliphatic rings. The summed E-state index contributed by atoms with van der Waals surface area (Å²) in [7, 11) is 0. The van der Waals surface area contributed by atoms with Crippen LogP contribution in [0.15, 0.2) is 24.3 Å². The lowest BCUT2D eigenvalue weighted by Gasteiger charge is -2.18. The normalized spacial score (nSPS) is 14.6. The van der Waals surface area contributed by atoms with E-state index < -0.39 is 0 Å². The van der Waals surface area contributed by atoms with Crippen molar-refractivity contribution < 1.29 is 4.79 Å². The number of aromatic nitrogens is 1. The molecule has 0 amide bonds. The molecule has 0 saturated carbocycles. The number of halogens is 1. The van der Waals surface area contributed by atoms with Crippen molar-refractivity contribution in [2.45, 2.75) is 33.1 Å². The van der Waals surface area contributed by atoms with Gasteiger partial charge in [-0.15, -0.1) is 0 Å². The Morgan fingerprint density at radius 2 is 1.95 bits per heavy atom. The van der Waals surface area contributed by atoms with Gasteiger partial charge in [0, 0.05) is 32.6 Å². The Morgan fingerprint density at radius 1 is 1.16 bits per heavy atom. The lowest BCUT2D eigenvalue weighted by molar-refractivity contribution is 0.0972. The fourth-order valence-corrected chi connectivity index (χ4v) is 3.36. The second kappa shape index (κ2) is 4.78. The Bertz CT molecular complexity index is 670. The second-order valence-electron chi connectivity index (χ2n) is 5.19. The molecule has 1 heterocycles. The van der Waals surface area contributed by atoms with Crippen LogP contribution in [0.5, 0.6) is 0 Å². The SMILES string of the molecule is Cc1ccc(I)cc1-n1c(C)cc2c1CCCC2=O. The molecule has 98 valence electrons. The molecule has 2 nitrogen and oxygen atoms in total. The van der Waals surface area contributed by atoms with Crippen molar-refractivity contribution in [3.05, 3.63) is 50.4 Å². The quantitative estimate of drug-likeness (QED) is 0.694. The summed E-state index contributed by atoms with van der Waals surface area (Å²) in [4.78, 5) is 12.0. The lowest BCUT2D eigenvalue weighted by atomic mass is 9.96. The smallest absolute Gasteiger partial charge is 0.164 e. The average molecular weight is 365 g/mol. The van der Waals surface area contributed by atoms with Gasteiger partial charge >= 0.3 is 0 Å². The van der Waals surface area contributed by atoms with Crippen LogP contribution in [0.2, 0.25) is 0 Å². The van der Waals surface area contributed by atoms with Crippen LogP contribution in [0.4, 0.5) is 0 Å². The van der Waals surface area contributed by atoms with E-state index >= 15 is 0 Å². The van der Waals surface area contributed by atoms with E-state index in [-0.39, 0.29) is 0 Å². The summed E-state index contributed by atoms with van der Waals surface area (Å²) in [5.74, 6) is 0.298. The molecule has 19 heavy (non-hydrogen) atoms. The first kappa shape index (κ1) is 12.9. The molecule has 3 rings (SSSR count). The number of rotatable bonds is 1. The molecule has 1 aromatic heterocycles. The predicted molar refractivity (Wildman–Crippen MR) is 85.2 cm³/mol. The van der Waals surface area contributed by atoms with Crippen LogP contribution in [0.3, 0.4) is 0 Å². The van der Waals surface area contributed by atoms with E-state index in [0.29, 0.717) is 12.2 Å². The van der Waals surface area contributed by atoms with E-state index in [4.69, 9.17) is 0 Å². The molecule has 0 atom stereocenters. The first-order valence-corrected chi connectivity index (χ1v) is 7.67. The van der Waals surface area contributed by atoms with Crippen molar-refractivity contribution in [3.63, 3.8) is 0 Å². The highest BCUT2D eigenvalue weighted by atomic mass is 127. The topological polar surface area (TPSA) is 22.0 Å². The highest BCUT2D eigenvalue weighted by Gasteiger charge is 2.23. The van der Waals surface area contributed by atoms with Crippen molar-refractivity contribution in [1.29, 1.82) is 0 Å². The van der Waals surface area contributed by atoms with Crippen molar-refractivity contribution in [1.82, 2.24) is 4.57 Å². The highest BCUT2D eigenvalue weighted by Crippen LogP contribution is 2.29. The Hall–Kier alpha value is -1.10. The summed E-state index contributed by atoms with van der Waals surface area (Å²) in [6.45, 7) is 4.22. The summed E-state index contributed by atoms with van der Waals surface area (Å²) < 4.78 is 3.49. The van der Waals surface area contributed by atoms with Gasteiger partial charge in [0.05, 0.1) is 0 Å². The molecule has 0 bridgehead atoms. The highest BCUT2D eigenvalue weighted by molar-refractivity contribution is 14.1. The molecular formula is C16H16INO. The lowest BCUT2D eigenvalue weighted by Crippen LogP contribution is -2.13. The van der Waals surface area contributed by atoms with Gasteiger partial charge in [0.15, 0.2) is 5.78 Å². The average Bonchev–Trinajstić information content (AvgIpc) is 2.70.